The smallest absolute Gasteiger partial charge is 0.351 e. The maximum Gasteiger partial charge on any atom is 0.462 e. The Morgan fingerprint density at radius 2 is 1.03 bits per heavy atom. The van der Waals surface area contributed by atoms with E-state index in [1.807, 2.05) is 4.74 Å². The molecule has 0 aliphatic carbocycles. The van der Waals surface area contributed by atoms with Crippen molar-refractivity contribution in [3.8, 4) is 0 Å². The minimum Gasteiger partial charge on any atom is -0.351 e. The Kier molecular flexibility index (Phi) is 11.2. The van der Waals surface area contributed by atoms with Gasteiger partial charge in [-0.25, -0.2) is 0 Å². The first-order valence-corrected chi connectivity index (χ1v) is 10.0. The average molecular weight is 607 g/mol. The fraction of sp³-hybridized carbons (Fsp3) is 0.941. The number of hydrogen-bond acceptors (Lipinski definition) is 3. The Hall–Kier alpha value is -1.80. The molecule has 0 aromatic carbocycles. The highest BCUT2D eigenvalue weighted by molar-refractivity contribution is 5.84. The number of amides is 1. The Morgan fingerprint density at radius 1 is 0.579 bits per heavy atom. The van der Waals surface area contributed by atoms with Crippen LogP contribution in [0.1, 0.15) is 45.4 Å². The third-order valence-electron chi connectivity index (χ3n) is 4.47. The molecule has 2 atom stereocenters. The molecular weight excluding hydrogens is 589 g/mol. The highest BCUT2D eigenvalue weighted by Crippen LogP contribution is 2.56. The Bertz CT molecular complexity index is 779. The van der Waals surface area contributed by atoms with E-state index in [1.165, 1.54) is 4.74 Å². The van der Waals surface area contributed by atoms with E-state index in [0.29, 0.717) is 19.3 Å². The molecule has 228 valence electrons. The van der Waals surface area contributed by atoms with Crippen LogP contribution < -0.4 is 5.32 Å². The van der Waals surface area contributed by atoms with Gasteiger partial charge in [-0.1, -0.05) is 39.0 Å². The molecule has 1 N–H and O–H groups in total. The van der Waals surface area contributed by atoms with Crippen LogP contribution in [0.5, 0.6) is 0 Å². The Balaban J connectivity index is 6.22. The number of rotatable bonds is 14. The predicted octanol–water partition coefficient (Wildman–Crippen LogP) is 7.34. The van der Waals surface area contributed by atoms with Gasteiger partial charge in [0.2, 0.25) is 0 Å². The molecule has 0 fully saturated rings. The first-order valence-electron chi connectivity index (χ1n) is 10.0. The number of halogens is 17. The van der Waals surface area contributed by atoms with Crippen molar-refractivity contribution in [2.24, 2.45) is 0 Å². The van der Waals surface area contributed by atoms with Crippen LogP contribution in [0, 0.1) is 0 Å². The molecule has 0 aliphatic rings. The molecule has 1 amide bonds. The fourth-order valence-corrected chi connectivity index (χ4v) is 2.38. The summed E-state index contributed by atoms with van der Waals surface area (Å²) in [6, 6.07) is 0. The summed E-state index contributed by atoms with van der Waals surface area (Å²) in [5, 5.41) is 0.972. The summed E-state index contributed by atoms with van der Waals surface area (Å²) in [6.07, 6.45) is -36.0. The summed E-state index contributed by atoms with van der Waals surface area (Å²) in [5.41, 5.74) is 0. The van der Waals surface area contributed by atoms with Crippen molar-refractivity contribution in [2.75, 3.05) is 6.54 Å². The molecular formula is C17H18F17NO3. The number of nitrogens with one attached hydrogen (secondary N) is 1. The molecule has 0 radical (unpaired) electrons. The zero-order valence-corrected chi connectivity index (χ0v) is 18.6. The van der Waals surface area contributed by atoms with E-state index in [0.717, 1.165) is 11.7 Å². The van der Waals surface area contributed by atoms with Crippen LogP contribution in [-0.2, 0) is 14.3 Å². The van der Waals surface area contributed by atoms with Crippen molar-refractivity contribution < 1.29 is 88.9 Å². The van der Waals surface area contributed by atoms with Crippen LogP contribution in [0.2, 0.25) is 0 Å². The first kappa shape index (κ1) is 36.2. The number of carbonyl (C=O) groups is 1. The van der Waals surface area contributed by atoms with Gasteiger partial charge in [-0.05, 0) is 6.42 Å². The quantitative estimate of drug-likeness (QED) is 0.166. The maximum absolute atomic E-state index is 14.3. The van der Waals surface area contributed by atoms with Gasteiger partial charge in [0.1, 0.15) is 0 Å². The van der Waals surface area contributed by atoms with Crippen molar-refractivity contribution in [1.29, 1.82) is 0 Å². The van der Waals surface area contributed by atoms with Crippen molar-refractivity contribution >= 4 is 5.91 Å². The molecule has 2 unspecified atom stereocenters. The highest BCUT2D eigenvalue weighted by atomic mass is 19.4. The SMILES string of the molecule is CCCCCCCCNC(=O)C(F)(OC(F)(F)C(F)(OC(F)(F)C(F)(F)C(F)(F)F)C(F)(F)F)C(F)(F)F. The van der Waals surface area contributed by atoms with E-state index in [4.69, 9.17) is 0 Å². The second-order valence-corrected chi connectivity index (χ2v) is 7.52. The zero-order valence-electron chi connectivity index (χ0n) is 18.6. The summed E-state index contributed by atoms with van der Waals surface area (Å²) < 4.78 is 225. The molecule has 0 saturated heterocycles. The van der Waals surface area contributed by atoms with E-state index >= 15 is 0 Å². The van der Waals surface area contributed by atoms with E-state index in [-0.39, 0.29) is 12.8 Å². The Labute approximate surface area is 201 Å². The number of alkyl halides is 17. The van der Waals surface area contributed by atoms with Gasteiger partial charge in [0.05, 0.1) is 0 Å². The molecule has 21 heteroatoms. The molecule has 0 rings (SSSR count). The van der Waals surface area contributed by atoms with E-state index in [2.05, 4.69) is 0 Å². The lowest BCUT2D eigenvalue weighted by molar-refractivity contribution is -0.548. The zero-order chi connectivity index (χ0) is 30.6. The standard InChI is InChI=1S/C17H18F17NO3/c1-2-3-4-5-6-7-8-35-9(36)10(18,13(22,23)24)37-17(33,34)12(21,15(28,29)30)38-16(31,32)11(19,20)14(25,26)27/h2-8H2,1H3,(H,35,36). The molecule has 0 bridgehead atoms. The maximum atomic E-state index is 14.3. The number of unbranched alkanes of at least 4 members (excludes halogenated alkanes) is 5. The largest absolute Gasteiger partial charge is 0.462 e. The minimum atomic E-state index is -8.01. The molecule has 0 aromatic heterocycles. The topological polar surface area (TPSA) is 47.6 Å². The number of ether oxygens (including phenoxy) is 2. The first-order chi connectivity index (χ1) is 16.6. The molecule has 38 heavy (non-hydrogen) atoms. The van der Waals surface area contributed by atoms with E-state index in [1.54, 1.807) is 6.92 Å². The van der Waals surface area contributed by atoms with Gasteiger partial charge < -0.3 is 5.32 Å². The van der Waals surface area contributed by atoms with Gasteiger partial charge in [-0.2, -0.15) is 74.6 Å². The lowest BCUT2D eigenvalue weighted by Gasteiger charge is -2.40. The van der Waals surface area contributed by atoms with Gasteiger partial charge in [0.15, 0.2) is 0 Å². The summed E-state index contributed by atoms with van der Waals surface area (Å²) in [5.74, 6) is -25.9. The van der Waals surface area contributed by atoms with Gasteiger partial charge in [0.25, 0.3) is 5.91 Å². The third-order valence-corrected chi connectivity index (χ3v) is 4.47. The van der Waals surface area contributed by atoms with Crippen molar-refractivity contribution in [2.45, 2.75) is 93.8 Å². The molecule has 0 heterocycles. The normalized spacial score (nSPS) is 17.6. The minimum absolute atomic E-state index is 0.139. The van der Waals surface area contributed by atoms with Crippen LogP contribution in [0.15, 0.2) is 0 Å². The van der Waals surface area contributed by atoms with Crippen LogP contribution in [0.3, 0.4) is 0 Å². The highest BCUT2D eigenvalue weighted by Gasteiger charge is 2.85. The van der Waals surface area contributed by atoms with Gasteiger partial charge >= 0.3 is 48.4 Å². The summed E-state index contributed by atoms with van der Waals surface area (Å²) in [7, 11) is 0. The van der Waals surface area contributed by atoms with Crippen molar-refractivity contribution in [1.82, 2.24) is 5.32 Å². The van der Waals surface area contributed by atoms with Crippen LogP contribution in [0.25, 0.3) is 0 Å². The van der Waals surface area contributed by atoms with Crippen molar-refractivity contribution in [3.05, 3.63) is 0 Å². The Morgan fingerprint density at radius 3 is 1.42 bits per heavy atom. The summed E-state index contributed by atoms with van der Waals surface area (Å²) >= 11 is 0. The molecule has 0 aliphatic heterocycles. The molecule has 0 saturated carbocycles. The average Bonchev–Trinajstić information content (AvgIpc) is 2.69. The van der Waals surface area contributed by atoms with Crippen LogP contribution in [0.4, 0.5) is 74.6 Å². The summed E-state index contributed by atoms with van der Waals surface area (Å²) in [6.45, 7) is 0.834. The van der Waals surface area contributed by atoms with Gasteiger partial charge in [-0.15, -0.1) is 0 Å². The second-order valence-electron chi connectivity index (χ2n) is 7.52. The molecule has 0 spiro atoms. The number of hydrogen-bond donors (Lipinski definition) is 1. The fourth-order valence-electron chi connectivity index (χ4n) is 2.38. The predicted molar refractivity (Wildman–Crippen MR) is 89.2 cm³/mol. The second kappa shape index (κ2) is 11.7. The van der Waals surface area contributed by atoms with Crippen molar-refractivity contribution in [3.63, 3.8) is 0 Å². The lowest BCUT2D eigenvalue weighted by Crippen LogP contribution is -2.68. The molecule has 0 aromatic rings. The van der Waals surface area contributed by atoms with Gasteiger partial charge in [0, 0.05) is 6.54 Å². The van der Waals surface area contributed by atoms with Gasteiger partial charge in [-0.3, -0.25) is 14.3 Å². The van der Waals surface area contributed by atoms with Crippen LogP contribution >= 0.6 is 0 Å². The number of carbonyl (C=O) groups excluding carboxylic acids is 1. The monoisotopic (exact) mass is 607 g/mol. The van der Waals surface area contributed by atoms with E-state index < -0.39 is 60.8 Å². The molecule has 4 nitrogen and oxygen atoms in total. The summed E-state index contributed by atoms with van der Waals surface area (Å²) in [4.78, 5) is 11.6. The van der Waals surface area contributed by atoms with Crippen LogP contribution in [-0.4, -0.2) is 60.8 Å². The van der Waals surface area contributed by atoms with E-state index in [9.17, 15) is 79.4 Å². The third kappa shape index (κ3) is 7.65. The lowest BCUT2D eigenvalue weighted by atomic mass is 10.1.